The van der Waals surface area contributed by atoms with Crippen molar-refractivity contribution in [1.82, 2.24) is 9.29 Å². The maximum Gasteiger partial charge on any atom is 0.283 e. The van der Waals surface area contributed by atoms with Crippen molar-refractivity contribution in [2.75, 3.05) is 18.5 Å². The highest BCUT2D eigenvalue weighted by molar-refractivity contribution is 8.01. The summed E-state index contributed by atoms with van der Waals surface area (Å²) in [6.07, 6.45) is 1.30. The average Bonchev–Trinajstić information content (AvgIpc) is 3.32. The quantitative estimate of drug-likeness (QED) is 0.131. The van der Waals surface area contributed by atoms with E-state index in [9.17, 15) is 28.6 Å². The highest BCUT2D eigenvalue weighted by Crippen LogP contribution is 2.39. The van der Waals surface area contributed by atoms with Gasteiger partial charge in [-0.25, -0.2) is 13.4 Å². The van der Waals surface area contributed by atoms with Gasteiger partial charge >= 0.3 is 0 Å². The Labute approximate surface area is 231 Å². The van der Waals surface area contributed by atoms with E-state index < -0.39 is 19.9 Å². The highest BCUT2D eigenvalue weighted by Gasteiger charge is 2.27. The molecule has 0 spiro atoms. The number of nitrogens with one attached hydrogen (secondary N) is 1. The van der Waals surface area contributed by atoms with Crippen LogP contribution in [0.25, 0.3) is 10.2 Å². The summed E-state index contributed by atoms with van der Waals surface area (Å²) in [5.41, 5.74) is 3.33. The van der Waals surface area contributed by atoms with Crippen LogP contribution >= 0.6 is 23.1 Å². The molecule has 0 amide bonds. The summed E-state index contributed by atoms with van der Waals surface area (Å²) in [5, 5.41) is 27.1. The third kappa shape index (κ3) is 6.22. The van der Waals surface area contributed by atoms with Crippen LogP contribution in [0.1, 0.15) is 19.4 Å². The number of rotatable bonds is 11. The highest BCUT2D eigenvalue weighted by atomic mass is 32.2. The Morgan fingerprint density at radius 1 is 1.05 bits per heavy atom. The van der Waals surface area contributed by atoms with Crippen molar-refractivity contribution in [2.45, 2.75) is 28.0 Å². The largest absolute Gasteiger partial charge is 0.283 e. The lowest BCUT2D eigenvalue weighted by atomic mass is 10.2. The number of aromatic nitrogens is 1. The van der Waals surface area contributed by atoms with Crippen molar-refractivity contribution in [3.05, 3.63) is 86.5 Å². The number of sulfonamides is 1. The number of hydrazone groups is 1. The molecule has 0 radical (unpaired) electrons. The first kappa shape index (κ1) is 28.1. The summed E-state index contributed by atoms with van der Waals surface area (Å²) < 4.78 is 29.1. The Morgan fingerprint density at radius 3 is 2.46 bits per heavy atom. The van der Waals surface area contributed by atoms with E-state index in [1.54, 1.807) is 26.0 Å². The van der Waals surface area contributed by atoms with Gasteiger partial charge in [0.05, 0.1) is 36.9 Å². The number of nitro groups is 2. The lowest BCUT2D eigenvalue weighted by Crippen LogP contribution is -2.31. The Kier molecular flexibility index (Phi) is 8.54. The monoisotopic (exact) mass is 586 g/mol. The van der Waals surface area contributed by atoms with Gasteiger partial charge in [0, 0.05) is 36.9 Å². The van der Waals surface area contributed by atoms with Gasteiger partial charge in [0.2, 0.25) is 10.0 Å². The van der Waals surface area contributed by atoms with E-state index in [1.165, 1.54) is 45.8 Å². The van der Waals surface area contributed by atoms with Crippen molar-refractivity contribution >= 4 is 66.6 Å². The molecule has 0 fully saturated rings. The number of non-ortho nitro benzene ring substituents is 1. The Bertz CT molecular complexity index is 1650. The van der Waals surface area contributed by atoms with Crippen molar-refractivity contribution in [3.63, 3.8) is 0 Å². The van der Waals surface area contributed by atoms with Crippen molar-refractivity contribution in [2.24, 2.45) is 5.10 Å². The van der Waals surface area contributed by atoms with Gasteiger partial charge in [-0.3, -0.25) is 25.7 Å². The lowest BCUT2D eigenvalue weighted by Gasteiger charge is -2.20. The summed E-state index contributed by atoms with van der Waals surface area (Å²) >= 11 is 2.63. The van der Waals surface area contributed by atoms with Crippen LogP contribution in [0.2, 0.25) is 0 Å². The third-order valence-electron chi connectivity index (χ3n) is 5.55. The Hall–Kier alpha value is -3.92. The van der Waals surface area contributed by atoms with Gasteiger partial charge in [-0.15, -0.1) is 11.3 Å². The van der Waals surface area contributed by atoms with Gasteiger partial charge in [0.1, 0.15) is 4.90 Å². The number of hydrogen-bond donors (Lipinski definition) is 1. The fraction of sp³-hybridized carbons (Fsp3) is 0.167. The second-order valence-electron chi connectivity index (χ2n) is 7.93. The minimum absolute atomic E-state index is 0.0289. The number of anilines is 1. The summed E-state index contributed by atoms with van der Waals surface area (Å²) in [7, 11) is -4.05. The molecule has 1 aromatic heterocycles. The van der Waals surface area contributed by atoms with Gasteiger partial charge in [-0.1, -0.05) is 43.8 Å². The van der Waals surface area contributed by atoms with Crippen LogP contribution in [-0.4, -0.2) is 46.9 Å². The molecule has 0 bridgehead atoms. The van der Waals surface area contributed by atoms with Gasteiger partial charge in [-0.05, 0) is 24.3 Å². The van der Waals surface area contributed by atoms with Crippen LogP contribution in [-0.2, 0) is 10.0 Å². The van der Waals surface area contributed by atoms with E-state index in [-0.39, 0.29) is 35.0 Å². The molecule has 202 valence electrons. The third-order valence-corrected chi connectivity index (χ3v) is 9.80. The fourth-order valence-corrected chi connectivity index (χ4v) is 7.37. The average molecular weight is 587 g/mol. The molecule has 39 heavy (non-hydrogen) atoms. The van der Waals surface area contributed by atoms with Crippen molar-refractivity contribution < 1.29 is 18.3 Å². The molecule has 0 aliphatic carbocycles. The van der Waals surface area contributed by atoms with E-state index in [2.05, 4.69) is 15.5 Å². The minimum Gasteiger partial charge on any atom is -0.277 e. The fourth-order valence-electron chi connectivity index (χ4n) is 3.64. The molecule has 0 saturated carbocycles. The molecule has 15 heteroatoms. The molecule has 1 heterocycles. The summed E-state index contributed by atoms with van der Waals surface area (Å²) in [5.74, 6) is 0. The molecule has 3 aromatic carbocycles. The van der Waals surface area contributed by atoms with Gasteiger partial charge in [0.15, 0.2) is 4.34 Å². The SMILES string of the molecule is CCN(CC)S(=O)(=O)c1cc([N+](=O)[O-])ccc1N/N=C\c1ccc(Sc2nc3ccccc3s2)c([N+](=O)[O-])c1. The predicted octanol–water partition coefficient (Wildman–Crippen LogP) is 5.74. The van der Waals surface area contributed by atoms with Crippen LogP contribution in [0.5, 0.6) is 0 Å². The maximum absolute atomic E-state index is 13.1. The van der Waals surface area contributed by atoms with E-state index in [0.717, 1.165) is 22.3 Å². The van der Waals surface area contributed by atoms with Crippen LogP contribution in [0.15, 0.2) is 79.9 Å². The van der Waals surface area contributed by atoms with Crippen LogP contribution in [0, 0.1) is 20.2 Å². The maximum atomic E-state index is 13.1. The zero-order chi connectivity index (χ0) is 28.2. The molecule has 0 saturated heterocycles. The number of thiazole rings is 1. The van der Waals surface area contributed by atoms with E-state index in [0.29, 0.717) is 14.8 Å². The summed E-state index contributed by atoms with van der Waals surface area (Å²) in [4.78, 5) is 26.5. The van der Waals surface area contributed by atoms with Gasteiger partial charge in [0.25, 0.3) is 11.4 Å². The molecule has 4 aromatic rings. The predicted molar refractivity (Wildman–Crippen MR) is 151 cm³/mol. The molecule has 0 unspecified atom stereocenters. The minimum atomic E-state index is -4.05. The van der Waals surface area contributed by atoms with Gasteiger partial charge in [-0.2, -0.15) is 9.41 Å². The molecule has 0 aliphatic rings. The van der Waals surface area contributed by atoms with E-state index >= 15 is 0 Å². The van der Waals surface area contributed by atoms with Crippen molar-refractivity contribution in [3.8, 4) is 0 Å². The Morgan fingerprint density at radius 2 is 1.79 bits per heavy atom. The van der Waals surface area contributed by atoms with Crippen LogP contribution < -0.4 is 5.43 Å². The normalized spacial score (nSPS) is 11.9. The topological polar surface area (TPSA) is 161 Å². The van der Waals surface area contributed by atoms with E-state index in [4.69, 9.17) is 0 Å². The van der Waals surface area contributed by atoms with Crippen LogP contribution in [0.3, 0.4) is 0 Å². The molecule has 4 rings (SSSR count). The first-order valence-electron chi connectivity index (χ1n) is 11.5. The molecule has 1 N–H and O–H groups in total. The molecule has 0 aliphatic heterocycles. The second kappa shape index (κ2) is 11.9. The first-order valence-corrected chi connectivity index (χ1v) is 14.6. The smallest absolute Gasteiger partial charge is 0.277 e. The molecule has 12 nitrogen and oxygen atoms in total. The molecular weight excluding hydrogens is 565 g/mol. The first-order chi connectivity index (χ1) is 18.6. The van der Waals surface area contributed by atoms with Crippen molar-refractivity contribution in [1.29, 1.82) is 0 Å². The van der Waals surface area contributed by atoms with E-state index in [1.807, 2.05) is 24.3 Å². The summed E-state index contributed by atoms with van der Waals surface area (Å²) in [6.45, 7) is 3.68. The number of nitrogens with zero attached hydrogens (tertiary/aromatic N) is 5. The number of nitro benzene ring substituents is 2. The lowest BCUT2D eigenvalue weighted by molar-refractivity contribution is -0.387. The Balaban J connectivity index is 1.60. The zero-order valence-electron chi connectivity index (χ0n) is 20.7. The summed E-state index contributed by atoms with van der Waals surface area (Å²) in [6, 6.07) is 15.6. The molecular formula is C24H22N6O6S3. The standard InChI is InChI=1S/C24H22N6O6S3/c1-3-28(4-2)39(35,36)23-14-17(29(31)32)10-11-19(23)27-25-15-16-9-12-22(20(13-16)30(33)34)38-24-26-18-7-5-6-8-21(18)37-24/h5-15,27H,3-4H2,1-2H3/b25-15-. The number of para-hydroxylation sites is 1. The van der Waals surface area contributed by atoms with Gasteiger partial charge < -0.3 is 0 Å². The number of hydrogen-bond acceptors (Lipinski definition) is 11. The number of benzene rings is 3. The van der Waals surface area contributed by atoms with Crippen LogP contribution in [0.4, 0.5) is 17.1 Å². The number of fused-ring (bicyclic) bond motifs is 1. The zero-order valence-corrected chi connectivity index (χ0v) is 23.1. The second-order valence-corrected chi connectivity index (χ2v) is 12.2. The molecule has 0 atom stereocenters.